The van der Waals surface area contributed by atoms with E-state index in [1.165, 1.54) is 25.5 Å². The molecule has 36 heavy (non-hydrogen) atoms. The minimum Gasteiger partial charge on any atom is -0.343 e. The highest BCUT2D eigenvalue weighted by Gasteiger charge is 2.36. The molecular weight excluding hydrogens is 476 g/mol. The fourth-order valence-corrected chi connectivity index (χ4v) is 6.52. The van der Waals surface area contributed by atoms with E-state index in [1.807, 2.05) is 12.1 Å². The van der Waals surface area contributed by atoms with Gasteiger partial charge in [0.15, 0.2) is 0 Å². The number of piperidine rings is 1. The van der Waals surface area contributed by atoms with E-state index in [0.29, 0.717) is 25.8 Å². The van der Waals surface area contributed by atoms with Crippen molar-refractivity contribution in [1.29, 1.82) is 0 Å². The molecule has 2 amide bonds. The summed E-state index contributed by atoms with van der Waals surface area (Å²) in [5.74, 6) is 1.76. The zero-order valence-electron chi connectivity index (χ0n) is 20.9. The van der Waals surface area contributed by atoms with Crippen LogP contribution < -0.4 is 5.32 Å². The number of terminal acetylenes is 1. The third-order valence-corrected chi connectivity index (χ3v) is 8.65. The first-order valence-electron chi connectivity index (χ1n) is 12.4. The molecule has 8 nitrogen and oxygen atoms in total. The molecule has 192 valence electrons. The van der Waals surface area contributed by atoms with Gasteiger partial charge in [0.1, 0.15) is 6.04 Å². The fraction of sp³-hybridized carbons (Fsp3) is 0.481. The SMILES string of the molecule is C#CCN1CC[C@H](NC(=O)CN(C2CCN([C@H](C)c3cccc4ccccc34)CC2)S(C)(=O)=O)C1=O. The summed E-state index contributed by atoms with van der Waals surface area (Å²) in [5, 5.41) is 5.14. The maximum atomic E-state index is 12.8. The number of nitrogens with one attached hydrogen (secondary N) is 1. The minimum atomic E-state index is -3.61. The van der Waals surface area contributed by atoms with Crippen molar-refractivity contribution >= 4 is 32.6 Å². The van der Waals surface area contributed by atoms with Crippen LogP contribution in [0.2, 0.25) is 0 Å². The van der Waals surface area contributed by atoms with Crippen LogP contribution in [-0.4, -0.2) is 85.4 Å². The van der Waals surface area contributed by atoms with Gasteiger partial charge in [-0.3, -0.25) is 14.5 Å². The van der Waals surface area contributed by atoms with E-state index in [9.17, 15) is 18.0 Å². The molecule has 2 fully saturated rings. The predicted molar refractivity (Wildman–Crippen MR) is 140 cm³/mol. The van der Waals surface area contributed by atoms with E-state index in [0.717, 1.165) is 19.3 Å². The van der Waals surface area contributed by atoms with Crippen LogP contribution in [0.3, 0.4) is 0 Å². The molecule has 0 bridgehead atoms. The van der Waals surface area contributed by atoms with Crippen LogP contribution in [0.25, 0.3) is 10.8 Å². The molecule has 1 N–H and O–H groups in total. The summed E-state index contributed by atoms with van der Waals surface area (Å²) in [7, 11) is -3.61. The molecule has 2 aliphatic rings. The van der Waals surface area contributed by atoms with Crippen LogP contribution in [0, 0.1) is 12.3 Å². The fourth-order valence-electron chi connectivity index (χ4n) is 5.41. The van der Waals surface area contributed by atoms with E-state index in [4.69, 9.17) is 6.42 Å². The summed E-state index contributed by atoms with van der Waals surface area (Å²) in [5.41, 5.74) is 1.26. The molecule has 2 heterocycles. The normalized spacial score (nSPS) is 20.6. The van der Waals surface area contributed by atoms with Gasteiger partial charge in [0.25, 0.3) is 0 Å². The Labute approximate surface area is 213 Å². The van der Waals surface area contributed by atoms with Crippen molar-refractivity contribution in [3.63, 3.8) is 0 Å². The quantitative estimate of drug-likeness (QED) is 0.549. The Kier molecular flexibility index (Phi) is 7.98. The number of carbonyl (C=O) groups excluding carboxylic acids is 2. The molecule has 0 aliphatic carbocycles. The first-order valence-corrected chi connectivity index (χ1v) is 14.2. The topological polar surface area (TPSA) is 90.0 Å². The zero-order chi connectivity index (χ0) is 25.9. The lowest BCUT2D eigenvalue weighted by Gasteiger charge is -2.40. The molecule has 0 unspecified atom stereocenters. The van der Waals surface area contributed by atoms with Gasteiger partial charge >= 0.3 is 0 Å². The lowest BCUT2D eigenvalue weighted by molar-refractivity contribution is -0.132. The highest BCUT2D eigenvalue weighted by molar-refractivity contribution is 7.88. The average Bonchev–Trinajstić information content (AvgIpc) is 3.20. The third-order valence-electron chi connectivity index (χ3n) is 7.37. The predicted octanol–water partition coefficient (Wildman–Crippen LogP) is 1.98. The number of hydrogen-bond donors (Lipinski definition) is 1. The van der Waals surface area contributed by atoms with Crippen molar-refractivity contribution in [2.75, 3.05) is 39.0 Å². The number of sulfonamides is 1. The molecule has 2 saturated heterocycles. The van der Waals surface area contributed by atoms with Crippen LogP contribution in [-0.2, 0) is 19.6 Å². The van der Waals surface area contributed by atoms with Gasteiger partial charge in [-0.15, -0.1) is 6.42 Å². The third kappa shape index (κ3) is 5.72. The van der Waals surface area contributed by atoms with Crippen molar-refractivity contribution in [3.8, 4) is 12.3 Å². The summed E-state index contributed by atoms with van der Waals surface area (Å²) in [6.07, 6.45) is 8.16. The number of fused-ring (bicyclic) bond motifs is 1. The molecule has 2 aromatic rings. The van der Waals surface area contributed by atoms with Gasteiger partial charge < -0.3 is 10.2 Å². The van der Waals surface area contributed by atoms with Gasteiger partial charge in [0.05, 0.1) is 19.3 Å². The van der Waals surface area contributed by atoms with Gasteiger partial charge in [-0.05, 0) is 42.5 Å². The largest absolute Gasteiger partial charge is 0.343 e. The Bertz CT molecular complexity index is 1260. The second-order valence-electron chi connectivity index (χ2n) is 9.69. The Morgan fingerprint density at radius 2 is 1.83 bits per heavy atom. The van der Waals surface area contributed by atoms with Crippen molar-refractivity contribution in [2.24, 2.45) is 0 Å². The summed E-state index contributed by atoms with van der Waals surface area (Å²) < 4.78 is 26.5. The maximum Gasteiger partial charge on any atom is 0.246 e. The van der Waals surface area contributed by atoms with Crippen LogP contribution >= 0.6 is 0 Å². The molecule has 0 spiro atoms. The van der Waals surface area contributed by atoms with Crippen LogP contribution in [0.5, 0.6) is 0 Å². The first-order chi connectivity index (χ1) is 17.2. The molecule has 2 atom stereocenters. The summed E-state index contributed by atoms with van der Waals surface area (Å²) in [6.45, 7) is 4.04. The Morgan fingerprint density at radius 3 is 2.53 bits per heavy atom. The van der Waals surface area contributed by atoms with E-state index in [1.54, 1.807) is 0 Å². The summed E-state index contributed by atoms with van der Waals surface area (Å²) in [6, 6.07) is 13.9. The molecule has 9 heteroatoms. The lowest BCUT2D eigenvalue weighted by atomic mass is 9.96. The monoisotopic (exact) mass is 510 g/mol. The van der Waals surface area contributed by atoms with E-state index in [2.05, 4.69) is 53.4 Å². The van der Waals surface area contributed by atoms with E-state index in [-0.39, 0.29) is 31.1 Å². The molecule has 0 radical (unpaired) electrons. The number of likely N-dealkylation sites (tertiary alicyclic amines) is 2. The van der Waals surface area contributed by atoms with Gasteiger partial charge in [-0.2, -0.15) is 4.31 Å². The molecular formula is C27H34N4O4S. The standard InChI is InChI=1S/C27H34N4O4S/c1-4-15-30-18-14-25(27(30)33)28-26(32)19-31(36(3,34)35)22-12-16-29(17-13-22)20(2)23-11-7-9-21-8-5-6-10-24(21)23/h1,5-11,20,22,25H,12-19H2,2-3H3,(H,28,32)/t20-,25+/m1/s1. The van der Waals surface area contributed by atoms with E-state index < -0.39 is 22.0 Å². The smallest absolute Gasteiger partial charge is 0.246 e. The van der Waals surface area contributed by atoms with Crippen molar-refractivity contribution in [3.05, 3.63) is 48.0 Å². The van der Waals surface area contributed by atoms with Crippen molar-refractivity contribution in [1.82, 2.24) is 19.4 Å². The maximum absolute atomic E-state index is 12.8. The molecule has 4 rings (SSSR count). The Morgan fingerprint density at radius 1 is 1.14 bits per heavy atom. The minimum absolute atomic E-state index is 0.186. The molecule has 2 aliphatic heterocycles. The Balaban J connectivity index is 1.38. The lowest BCUT2D eigenvalue weighted by Crippen LogP contribution is -2.52. The highest BCUT2D eigenvalue weighted by atomic mass is 32.2. The first kappa shape index (κ1) is 26.1. The number of amides is 2. The van der Waals surface area contributed by atoms with Gasteiger partial charge in [-0.1, -0.05) is 48.4 Å². The molecule has 0 aromatic heterocycles. The number of hydrogen-bond acceptors (Lipinski definition) is 5. The average molecular weight is 511 g/mol. The Hall–Kier alpha value is -2.93. The van der Waals surface area contributed by atoms with Crippen molar-refractivity contribution in [2.45, 2.75) is 44.3 Å². The molecule has 2 aromatic carbocycles. The van der Waals surface area contributed by atoms with E-state index >= 15 is 0 Å². The summed E-state index contributed by atoms with van der Waals surface area (Å²) >= 11 is 0. The van der Waals surface area contributed by atoms with Crippen LogP contribution in [0.4, 0.5) is 0 Å². The summed E-state index contributed by atoms with van der Waals surface area (Å²) in [4.78, 5) is 29.0. The number of carbonyl (C=O) groups is 2. The van der Waals surface area contributed by atoms with Crippen LogP contribution in [0.15, 0.2) is 42.5 Å². The number of benzene rings is 2. The van der Waals surface area contributed by atoms with Crippen molar-refractivity contribution < 1.29 is 18.0 Å². The number of nitrogens with zero attached hydrogens (tertiary/aromatic N) is 3. The second-order valence-corrected chi connectivity index (χ2v) is 11.6. The van der Waals surface area contributed by atoms with Gasteiger partial charge in [0.2, 0.25) is 21.8 Å². The van der Waals surface area contributed by atoms with Gasteiger partial charge in [0, 0.05) is 31.7 Å². The zero-order valence-corrected chi connectivity index (χ0v) is 21.7. The number of rotatable bonds is 8. The second kappa shape index (κ2) is 11.0. The molecule has 0 saturated carbocycles. The van der Waals surface area contributed by atoms with Gasteiger partial charge in [-0.25, -0.2) is 8.42 Å². The van der Waals surface area contributed by atoms with Crippen LogP contribution in [0.1, 0.15) is 37.8 Å². The highest BCUT2D eigenvalue weighted by Crippen LogP contribution is 2.31.